The van der Waals surface area contributed by atoms with Crippen LogP contribution in [-0.2, 0) is 6.54 Å². The molecule has 3 aromatic rings. The number of hydroxylamine groups is 1. The number of tetrazole rings is 1. The molecule has 1 aromatic carbocycles. The van der Waals surface area contributed by atoms with Gasteiger partial charge in [0, 0.05) is 5.56 Å². The lowest BCUT2D eigenvalue weighted by Gasteiger charge is -2.04. The Morgan fingerprint density at radius 1 is 1.29 bits per heavy atom. The van der Waals surface area contributed by atoms with Crippen LogP contribution in [0.5, 0.6) is 0 Å². The molecule has 8 heteroatoms. The Balaban J connectivity index is 1.82. The maximum Gasteiger partial charge on any atom is 0.274 e. The maximum absolute atomic E-state index is 11.3. The molecule has 21 heavy (non-hydrogen) atoms. The van der Waals surface area contributed by atoms with Gasteiger partial charge in [-0.15, -0.1) is 16.4 Å². The van der Waals surface area contributed by atoms with Crippen molar-refractivity contribution in [1.82, 2.24) is 25.7 Å². The Morgan fingerprint density at radius 3 is 2.76 bits per heavy atom. The summed E-state index contributed by atoms with van der Waals surface area (Å²) in [6, 6.07) is 10.8. The molecule has 0 saturated heterocycles. The highest BCUT2D eigenvalue weighted by Gasteiger charge is 2.10. The van der Waals surface area contributed by atoms with Crippen LogP contribution in [0.4, 0.5) is 0 Å². The monoisotopic (exact) mass is 301 g/mol. The van der Waals surface area contributed by atoms with E-state index in [0.29, 0.717) is 17.9 Å². The van der Waals surface area contributed by atoms with Crippen LogP contribution in [0.25, 0.3) is 10.7 Å². The van der Waals surface area contributed by atoms with Gasteiger partial charge in [0.2, 0.25) is 0 Å². The van der Waals surface area contributed by atoms with Gasteiger partial charge in [0.15, 0.2) is 5.82 Å². The van der Waals surface area contributed by atoms with Crippen LogP contribution >= 0.6 is 11.3 Å². The summed E-state index contributed by atoms with van der Waals surface area (Å²) < 4.78 is 1.70. The molecule has 1 amide bonds. The minimum atomic E-state index is -0.539. The average molecular weight is 301 g/mol. The second-order valence-corrected chi connectivity index (χ2v) is 5.22. The van der Waals surface area contributed by atoms with E-state index < -0.39 is 5.91 Å². The molecule has 2 heterocycles. The van der Waals surface area contributed by atoms with Crippen molar-refractivity contribution in [3.8, 4) is 10.7 Å². The summed E-state index contributed by atoms with van der Waals surface area (Å²) in [5.41, 5.74) is 2.94. The molecule has 0 aliphatic rings. The summed E-state index contributed by atoms with van der Waals surface area (Å²) in [5.74, 6) is 0.172. The number of nitrogens with zero attached hydrogens (tertiary/aromatic N) is 4. The second kappa shape index (κ2) is 5.81. The highest BCUT2D eigenvalue weighted by molar-refractivity contribution is 7.13. The first kappa shape index (κ1) is 13.4. The molecular weight excluding hydrogens is 290 g/mol. The minimum absolute atomic E-state index is 0.386. The van der Waals surface area contributed by atoms with Gasteiger partial charge in [-0.1, -0.05) is 18.2 Å². The van der Waals surface area contributed by atoms with Gasteiger partial charge in [-0.2, -0.15) is 0 Å². The van der Waals surface area contributed by atoms with E-state index in [4.69, 9.17) is 5.21 Å². The van der Waals surface area contributed by atoms with Crippen molar-refractivity contribution in [2.24, 2.45) is 0 Å². The fourth-order valence-corrected chi connectivity index (χ4v) is 2.60. The van der Waals surface area contributed by atoms with Gasteiger partial charge in [-0.05, 0) is 39.6 Å². The van der Waals surface area contributed by atoms with E-state index >= 15 is 0 Å². The first-order chi connectivity index (χ1) is 10.3. The van der Waals surface area contributed by atoms with Crippen LogP contribution in [0.3, 0.4) is 0 Å². The van der Waals surface area contributed by atoms with E-state index in [1.54, 1.807) is 45.8 Å². The normalized spacial score (nSPS) is 10.5. The smallest absolute Gasteiger partial charge is 0.274 e. The first-order valence-corrected chi connectivity index (χ1v) is 6.99. The lowest BCUT2D eigenvalue weighted by molar-refractivity contribution is 0.0706. The molecule has 106 valence electrons. The SMILES string of the molecule is O=C(NO)c1ccc(Cn2nnnc2-c2cccs2)cc1. The summed E-state index contributed by atoms with van der Waals surface area (Å²) >= 11 is 1.57. The van der Waals surface area contributed by atoms with Gasteiger partial charge in [-0.25, -0.2) is 10.2 Å². The Morgan fingerprint density at radius 2 is 2.10 bits per heavy atom. The van der Waals surface area contributed by atoms with E-state index in [1.807, 2.05) is 17.5 Å². The molecule has 0 bridgehead atoms. The third kappa shape index (κ3) is 2.81. The molecule has 7 nitrogen and oxygen atoms in total. The summed E-state index contributed by atoms with van der Waals surface area (Å²) in [7, 11) is 0. The van der Waals surface area contributed by atoms with Gasteiger partial charge in [0.1, 0.15) is 0 Å². The third-order valence-electron chi connectivity index (χ3n) is 2.92. The number of rotatable bonds is 4. The molecule has 0 aliphatic carbocycles. The van der Waals surface area contributed by atoms with Crippen LogP contribution < -0.4 is 5.48 Å². The zero-order valence-electron chi connectivity index (χ0n) is 10.8. The van der Waals surface area contributed by atoms with E-state index in [9.17, 15) is 4.79 Å². The quantitative estimate of drug-likeness (QED) is 0.563. The van der Waals surface area contributed by atoms with Crippen molar-refractivity contribution in [3.05, 3.63) is 52.9 Å². The highest BCUT2D eigenvalue weighted by Crippen LogP contribution is 2.22. The lowest BCUT2D eigenvalue weighted by atomic mass is 10.1. The molecule has 0 atom stereocenters. The number of carbonyl (C=O) groups excluding carboxylic acids is 1. The number of carbonyl (C=O) groups is 1. The Bertz CT molecular complexity index is 736. The number of aromatic nitrogens is 4. The number of thiophene rings is 1. The van der Waals surface area contributed by atoms with Crippen LogP contribution in [0.15, 0.2) is 41.8 Å². The second-order valence-electron chi connectivity index (χ2n) is 4.28. The van der Waals surface area contributed by atoms with Crippen molar-refractivity contribution in [1.29, 1.82) is 0 Å². The number of benzene rings is 1. The number of nitrogens with one attached hydrogen (secondary N) is 1. The van der Waals surface area contributed by atoms with Crippen molar-refractivity contribution in [2.45, 2.75) is 6.54 Å². The van der Waals surface area contributed by atoms with E-state index in [-0.39, 0.29) is 0 Å². The van der Waals surface area contributed by atoms with Crippen LogP contribution in [0.1, 0.15) is 15.9 Å². The number of amides is 1. The summed E-state index contributed by atoms with van der Waals surface area (Å²) in [5, 5.41) is 22.3. The first-order valence-electron chi connectivity index (χ1n) is 6.11. The minimum Gasteiger partial charge on any atom is -0.288 e. The fourth-order valence-electron chi connectivity index (χ4n) is 1.89. The zero-order chi connectivity index (χ0) is 14.7. The van der Waals surface area contributed by atoms with Crippen LogP contribution in [0.2, 0.25) is 0 Å². The Kier molecular flexibility index (Phi) is 3.71. The maximum atomic E-state index is 11.3. The van der Waals surface area contributed by atoms with Gasteiger partial charge < -0.3 is 0 Å². The van der Waals surface area contributed by atoms with Crippen LogP contribution in [0, 0.1) is 0 Å². The summed E-state index contributed by atoms with van der Waals surface area (Å²) in [6.07, 6.45) is 0. The molecule has 2 N–H and O–H groups in total. The van der Waals surface area contributed by atoms with Gasteiger partial charge in [0.25, 0.3) is 5.91 Å². The fraction of sp³-hybridized carbons (Fsp3) is 0.0769. The Hall–Kier alpha value is -2.58. The Labute approximate surface area is 123 Å². The number of hydrogen-bond acceptors (Lipinski definition) is 6. The predicted molar refractivity (Wildman–Crippen MR) is 75.9 cm³/mol. The van der Waals surface area contributed by atoms with Gasteiger partial charge in [0.05, 0.1) is 11.4 Å². The standard InChI is InChI=1S/C13H11N5O2S/c19-13(15-20)10-5-3-9(4-6-10)8-18-12(14-16-17-18)11-2-1-7-21-11/h1-7,20H,8H2,(H,15,19). The zero-order valence-corrected chi connectivity index (χ0v) is 11.6. The molecular formula is C13H11N5O2S. The van der Waals surface area contributed by atoms with Crippen molar-refractivity contribution < 1.29 is 10.0 Å². The van der Waals surface area contributed by atoms with Crippen molar-refractivity contribution in [3.63, 3.8) is 0 Å². The molecule has 3 rings (SSSR count). The van der Waals surface area contributed by atoms with Gasteiger partial charge >= 0.3 is 0 Å². The third-order valence-corrected chi connectivity index (χ3v) is 3.79. The molecule has 0 saturated carbocycles. The average Bonchev–Trinajstić information content (AvgIpc) is 3.18. The van der Waals surface area contributed by atoms with E-state index in [2.05, 4.69) is 15.5 Å². The van der Waals surface area contributed by atoms with Crippen molar-refractivity contribution in [2.75, 3.05) is 0 Å². The largest absolute Gasteiger partial charge is 0.288 e. The van der Waals surface area contributed by atoms with Gasteiger partial charge in [-0.3, -0.25) is 10.0 Å². The summed E-state index contributed by atoms with van der Waals surface area (Å²) in [6.45, 7) is 0.501. The van der Waals surface area contributed by atoms with Crippen molar-refractivity contribution >= 4 is 17.2 Å². The topological polar surface area (TPSA) is 92.9 Å². The van der Waals surface area contributed by atoms with Crippen LogP contribution in [-0.4, -0.2) is 31.3 Å². The molecule has 0 fully saturated rings. The number of hydrogen-bond donors (Lipinski definition) is 2. The predicted octanol–water partition coefficient (Wildman–Crippen LogP) is 1.57. The highest BCUT2D eigenvalue weighted by atomic mass is 32.1. The van der Waals surface area contributed by atoms with E-state index in [0.717, 1.165) is 10.4 Å². The molecule has 0 radical (unpaired) electrons. The van der Waals surface area contributed by atoms with E-state index in [1.165, 1.54) is 0 Å². The lowest BCUT2D eigenvalue weighted by Crippen LogP contribution is -2.18. The molecule has 0 aliphatic heterocycles. The molecule has 0 unspecified atom stereocenters. The summed E-state index contributed by atoms with van der Waals surface area (Å²) in [4.78, 5) is 12.3. The molecule has 0 spiro atoms. The molecule has 2 aromatic heterocycles.